The zero-order valence-electron chi connectivity index (χ0n) is 13.5. The van der Waals surface area contributed by atoms with Gasteiger partial charge in [-0.25, -0.2) is 4.79 Å². The van der Waals surface area contributed by atoms with Crippen LogP contribution in [0.25, 0.3) is 0 Å². The third kappa shape index (κ3) is 4.37. The molecule has 0 spiro atoms. The molecule has 0 amide bonds. The summed E-state index contributed by atoms with van der Waals surface area (Å²) >= 11 is 0. The second-order valence-electron chi connectivity index (χ2n) is 5.31. The fourth-order valence-corrected chi connectivity index (χ4v) is 2.66. The van der Waals surface area contributed by atoms with Gasteiger partial charge in [0.25, 0.3) is 0 Å². The molecule has 1 saturated heterocycles. The smallest absolute Gasteiger partial charge is 0.342 e. The van der Waals surface area contributed by atoms with Gasteiger partial charge in [0.2, 0.25) is 0 Å². The Bertz CT molecular complexity index is 484. The number of ether oxygens (including phenoxy) is 3. The number of nitrogens with zero attached hydrogens (tertiary/aromatic N) is 1. The first-order valence-electron chi connectivity index (χ1n) is 7.95. The Kier molecular flexibility index (Phi) is 6.52. The average molecular weight is 307 g/mol. The molecule has 0 unspecified atom stereocenters. The van der Waals surface area contributed by atoms with Gasteiger partial charge in [0.15, 0.2) is 11.5 Å². The van der Waals surface area contributed by atoms with Crippen LogP contribution in [-0.4, -0.2) is 50.8 Å². The number of carbonyl (C=O) groups excluding carboxylic acids is 1. The van der Waals surface area contributed by atoms with Crippen LogP contribution < -0.4 is 9.47 Å². The molecule has 1 aromatic rings. The minimum Gasteiger partial charge on any atom is -0.493 e. The van der Waals surface area contributed by atoms with E-state index in [1.54, 1.807) is 25.3 Å². The average Bonchev–Trinajstić information content (AvgIpc) is 2.56. The molecule has 5 heteroatoms. The van der Waals surface area contributed by atoms with Crippen molar-refractivity contribution in [1.29, 1.82) is 0 Å². The highest BCUT2D eigenvalue weighted by Crippen LogP contribution is 2.31. The monoisotopic (exact) mass is 307 g/mol. The molecule has 1 heterocycles. The van der Waals surface area contributed by atoms with E-state index in [2.05, 4.69) is 4.90 Å². The van der Waals surface area contributed by atoms with Crippen LogP contribution in [0.5, 0.6) is 11.5 Å². The highest BCUT2D eigenvalue weighted by molar-refractivity contribution is 5.93. The van der Waals surface area contributed by atoms with Gasteiger partial charge in [0.1, 0.15) is 12.2 Å². The van der Waals surface area contributed by atoms with E-state index in [-0.39, 0.29) is 5.97 Å². The number of rotatable bonds is 7. The molecule has 0 saturated carbocycles. The van der Waals surface area contributed by atoms with Crippen LogP contribution in [0.4, 0.5) is 0 Å². The summed E-state index contributed by atoms with van der Waals surface area (Å²) in [5.74, 6) is 0.641. The first-order chi connectivity index (χ1) is 10.8. The Hall–Kier alpha value is -1.75. The maximum Gasteiger partial charge on any atom is 0.342 e. The van der Waals surface area contributed by atoms with Crippen molar-refractivity contribution in [3.05, 3.63) is 23.8 Å². The van der Waals surface area contributed by atoms with Crippen LogP contribution in [0.15, 0.2) is 18.2 Å². The number of piperidine rings is 1. The fraction of sp³-hybridized carbons (Fsp3) is 0.588. The first-order valence-corrected chi connectivity index (χ1v) is 7.95. The predicted molar refractivity (Wildman–Crippen MR) is 84.7 cm³/mol. The highest BCUT2D eigenvalue weighted by Gasteiger charge is 2.18. The van der Waals surface area contributed by atoms with E-state index in [0.29, 0.717) is 30.3 Å². The summed E-state index contributed by atoms with van der Waals surface area (Å²) in [6.07, 6.45) is 3.77. The van der Waals surface area contributed by atoms with Crippen molar-refractivity contribution in [2.45, 2.75) is 26.2 Å². The molecule has 1 aliphatic heterocycles. The number of para-hydroxylation sites is 1. The standard InChI is InChI=1S/C17H25NO4/c1-3-21-16-14(8-7-9-15(16)20-2)17(19)22-13-12-18-10-5-4-6-11-18/h7-9H,3-6,10-13H2,1-2H3. The Morgan fingerprint density at radius 3 is 2.68 bits per heavy atom. The normalized spacial score (nSPS) is 15.4. The van der Waals surface area contributed by atoms with Gasteiger partial charge in [-0.15, -0.1) is 0 Å². The molecule has 22 heavy (non-hydrogen) atoms. The van der Waals surface area contributed by atoms with E-state index in [0.717, 1.165) is 19.6 Å². The zero-order valence-corrected chi connectivity index (χ0v) is 13.5. The lowest BCUT2D eigenvalue weighted by atomic mass is 10.1. The van der Waals surface area contributed by atoms with Gasteiger partial charge in [-0.1, -0.05) is 12.5 Å². The van der Waals surface area contributed by atoms with Gasteiger partial charge in [-0.2, -0.15) is 0 Å². The molecule has 0 atom stereocenters. The Morgan fingerprint density at radius 1 is 1.23 bits per heavy atom. The van der Waals surface area contributed by atoms with Gasteiger partial charge in [-0.3, -0.25) is 4.90 Å². The number of likely N-dealkylation sites (tertiary alicyclic amines) is 1. The molecule has 0 bridgehead atoms. The van der Waals surface area contributed by atoms with Crippen molar-refractivity contribution in [1.82, 2.24) is 4.90 Å². The van der Waals surface area contributed by atoms with Crippen LogP contribution >= 0.6 is 0 Å². The zero-order chi connectivity index (χ0) is 15.8. The van der Waals surface area contributed by atoms with Gasteiger partial charge in [-0.05, 0) is 45.0 Å². The summed E-state index contributed by atoms with van der Waals surface area (Å²) in [7, 11) is 1.56. The molecular weight excluding hydrogens is 282 g/mol. The predicted octanol–water partition coefficient (Wildman–Crippen LogP) is 2.74. The highest BCUT2D eigenvalue weighted by atomic mass is 16.5. The number of methoxy groups -OCH3 is 1. The van der Waals surface area contributed by atoms with E-state index in [1.807, 2.05) is 6.92 Å². The molecule has 1 aromatic carbocycles. The molecule has 5 nitrogen and oxygen atoms in total. The molecule has 2 rings (SSSR count). The third-order valence-electron chi connectivity index (χ3n) is 3.80. The summed E-state index contributed by atoms with van der Waals surface area (Å²) in [4.78, 5) is 14.6. The Labute approximate surface area is 132 Å². The SMILES string of the molecule is CCOc1c(OC)cccc1C(=O)OCCN1CCCCC1. The first kappa shape index (κ1) is 16.6. The lowest BCUT2D eigenvalue weighted by molar-refractivity contribution is 0.0447. The van der Waals surface area contributed by atoms with Crippen LogP contribution in [0.3, 0.4) is 0 Å². The molecule has 0 aromatic heterocycles. The van der Waals surface area contributed by atoms with E-state index in [4.69, 9.17) is 14.2 Å². The maximum absolute atomic E-state index is 12.3. The lowest BCUT2D eigenvalue weighted by Crippen LogP contribution is -2.33. The molecule has 1 aliphatic rings. The summed E-state index contributed by atoms with van der Waals surface area (Å²) in [6, 6.07) is 5.24. The van der Waals surface area contributed by atoms with Gasteiger partial charge < -0.3 is 14.2 Å². The van der Waals surface area contributed by atoms with Crippen molar-refractivity contribution in [2.75, 3.05) is 40.0 Å². The lowest BCUT2D eigenvalue weighted by Gasteiger charge is -2.26. The number of benzene rings is 1. The van der Waals surface area contributed by atoms with E-state index >= 15 is 0 Å². The molecule has 1 fully saturated rings. The second kappa shape index (κ2) is 8.63. The van der Waals surface area contributed by atoms with Gasteiger partial charge in [0.05, 0.1) is 13.7 Å². The summed E-state index contributed by atoms with van der Waals surface area (Å²) < 4.78 is 16.2. The van der Waals surface area contributed by atoms with Crippen LogP contribution in [0.1, 0.15) is 36.5 Å². The van der Waals surface area contributed by atoms with Crippen LogP contribution in [0.2, 0.25) is 0 Å². The third-order valence-corrected chi connectivity index (χ3v) is 3.80. The van der Waals surface area contributed by atoms with Gasteiger partial charge in [0, 0.05) is 6.54 Å². The number of carbonyl (C=O) groups is 1. The largest absolute Gasteiger partial charge is 0.493 e. The molecule has 0 aliphatic carbocycles. The number of esters is 1. The van der Waals surface area contributed by atoms with Crippen molar-refractivity contribution in [3.8, 4) is 11.5 Å². The van der Waals surface area contributed by atoms with Crippen molar-refractivity contribution >= 4 is 5.97 Å². The maximum atomic E-state index is 12.3. The van der Waals surface area contributed by atoms with Crippen molar-refractivity contribution < 1.29 is 19.0 Å². The minimum atomic E-state index is -0.362. The molecule has 0 radical (unpaired) electrons. The fourth-order valence-electron chi connectivity index (χ4n) is 2.66. The van der Waals surface area contributed by atoms with Gasteiger partial charge >= 0.3 is 5.97 Å². The summed E-state index contributed by atoms with van der Waals surface area (Å²) in [5, 5.41) is 0. The Balaban J connectivity index is 1.93. The topological polar surface area (TPSA) is 48.0 Å². The molecule has 122 valence electrons. The quantitative estimate of drug-likeness (QED) is 0.725. The van der Waals surface area contributed by atoms with E-state index in [1.165, 1.54) is 19.3 Å². The van der Waals surface area contributed by atoms with Crippen molar-refractivity contribution in [3.63, 3.8) is 0 Å². The van der Waals surface area contributed by atoms with Crippen molar-refractivity contribution in [2.24, 2.45) is 0 Å². The van der Waals surface area contributed by atoms with E-state index < -0.39 is 0 Å². The van der Waals surface area contributed by atoms with Crippen LogP contribution in [0, 0.1) is 0 Å². The molecule has 0 N–H and O–H groups in total. The minimum absolute atomic E-state index is 0.362. The second-order valence-corrected chi connectivity index (χ2v) is 5.31. The summed E-state index contributed by atoms with van der Waals surface area (Å²) in [6.45, 7) is 5.73. The Morgan fingerprint density at radius 2 is 2.00 bits per heavy atom. The summed E-state index contributed by atoms with van der Waals surface area (Å²) in [5.41, 5.74) is 0.417. The van der Waals surface area contributed by atoms with Crippen LogP contribution in [-0.2, 0) is 4.74 Å². The van der Waals surface area contributed by atoms with E-state index in [9.17, 15) is 4.79 Å². The number of hydrogen-bond acceptors (Lipinski definition) is 5. The molecular formula is C17H25NO4. The number of hydrogen-bond donors (Lipinski definition) is 0.